The van der Waals surface area contributed by atoms with E-state index in [0.29, 0.717) is 25.8 Å². The molecule has 1 aromatic rings. The fourth-order valence-electron chi connectivity index (χ4n) is 1.94. The van der Waals surface area contributed by atoms with E-state index in [1.807, 2.05) is 0 Å². The maximum absolute atomic E-state index is 12.0. The lowest BCUT2D eigenvalue weighted by Crippen LogP contribution is -2.26. The van der Waals surface area contributed by atoms with Gasteiger partial charge in [-0.2, -0.15) is 0 Å². The minimum atomic E-state index is -3.68. The van der Waals surface area contributed by atoms with Crippen LogP contribution in [0.4, 0.5) is 0 Å². The van der Waals surface area contributed by atoms with Crippen molar-refractivity contribution in [2.24, 2.45) is 0 Å². The summed E-state index contributed by atoms with van der Waals surface area (Å²) >= 11 is 0. The molecule has 24 heavy (non-hydrogen) atoms. The van der Waals surface area contributed by atoms with Crippen LogP contribution in [0.1, 0.15) is 36.0 Å². The molecule has 0 unspecified atom stereocenters. The van der Waals surface area contributed by atoms with Crippen molar-refractivity contribution < 1.29 is 23.1 Å². The summed E-state index contributed by atoms with van der Waals surface area (Å²) in [6, 6.07) is 5.76. The Bertz CT molecular complexity index is 685. The number of unbranched alkanes of at least 4 members (excludes halogenated alkanes) is 2. The number of hydrogen-bond acceptors (Lipinski definition) is 4. The first-order chi connectivity index (χ1) is 11.4. The second kappa shape index (κ2) is 9.84. The van der Waals surface area contributed by atoms with Gasteiger partial charge in [0.2, 0.25) is 10.0 Å². The van der Waals surface area contributed by atoms with E-state index in [9.17, 15) is 18.0 Å². The Kier molecular flexibility index (Phi) is 8.14. The number of carboxylic acids is 1. The molecular formula is C16H22N2O5S. The number of hydrogen-bond donors (Lipinski definition) is 3. The lowest BCUT2D eigenvalue weighted by Gasteiger charge is -2.08. The molecule has 0 spiro atoms. The van der Waals surface area contributed by atoms with Crippen molar-refractivity contribution in [1.29, 1.82) is 0 Å². The second-order valence-electron chi connectivity index (χ2n) is 5.13. The molecule has 0 radical (unpaired) electrons. The maximum atomic E-state index is 12.0. The Hall–Kier alpha value is -2.19. The van der Waals surface area contributed by atoms with Gasteiger partial charge in [0.25, 0.3) is 5.91 Å². The van der Waals surface area contributed by atoms with Gasteiger partial charge in [-0.25, -0.2) is 13.1 Å². The molecule has 1 aromatic carbocycles. The van der Waals surface area contributed by atoms with Crippen LogP contribution in [0.15, 0.2) is 41.8 Å². The molecule has 0 saturated carbocycles. The van der Waals surface area contributed by atoms with Gasteiger partial charge in [0.1, 0.15) is 0 Å². The Morgan fingerprint density at radius 3 is 2.62 bits per heavy atom. The lowest BCUT2D eigenvalue weighted by molar-refractivity contribution is -0.137. The lowest BCUT2D eigenvalue weighted by atomic mass is 10.2. The van der Waals surface area contributed by atoms with E-state index < -0.39 is 16.0 Å². The zero-order valence-electron chi connectivity index (χ0n) is 13.3. The molecule has 7 nitrogen and oxygen atoms in total. The van der Waals surface area contributed by atoms with Crippen molar-refractivity contribution in [2.75, 3.05) is 13.1 Å². The second-order valence-corrected chi connectivity index (χ2v) is 6.90. The van der Waals surface area contributed by atoms with Crippen LogP contribution >= 0.6 is 0 Å². The highest BCUT2D eigenvalue weighted by Gasteiger charge is 2.15. The fourth-order valence-corrected chi connectivity index (χ4v) is 2.98. The summed E-state index contributed by atoms with van der Waals surface area (Å²) in [5, 5.41) is 11.2. The number of carbonyl (C=O) groups excluding carboxylic acids is 1. The molecule has 0 aromatic heterocycles. The normalized spacial score (nSPS) is 11.0. The van der Waals surface area contributed by atoms with Crippen molar-refractivity contribution >= 4 is 21.9 Å². The summed E-state index contributed by atoms with van der Waals surface area (Å²) in [6.07, 6.45) is 3.47. The zero-order valence-corrected chi connectivity index (χ0v) is 14.1. The average Bonchev–Trinajstić information content (AvgIpc) is 2.55. The molecule has 0 aliphatic rings. The van der Waals surface area contributed by atoms with Gasteiger partial charge in [0, 0.05) is 25.1 Å². The van der Waals surface area contributed by atoms with Crippen molar-refractivity contribution in [3.05, 3.63) is 42.5 Å². The molecule has 1 amide bonds. The molecule has 8 heteroatoms. The molecule has 132 valence electrons. The Morgan fingerprint density at radius 1 is 1.21 bits per heavy atom. The standard InChI is InChI=1S/C16H22N2O5S/c1-2-10-18-24(22,23)14-8-6-7-13(12-14)16(21)17-11-5-3-4-9-15(19)20/h2,6-8,12,18H,1,3-5,9-11H2,(H,17,21)(H,19,20). The van der Waals surface area contributed by atoms with E-state index in [1.165, 1.54) is 30.3 Å². The number of nitrogens with one attached hydrogen (secondary N) is 2. The Labute approximate surface area is 141 Å². The molecule has 0 atom stereocenters. The average molecular weight is 354 g/mol. The highest BCUT2D eigenvalue weighted by atomic mass is 32.2. The molecule has 0 fully saturated rings. The SMILES string of the molecule is C=CCNS(=O)(=O)c1cccc(C(=O)NCCCCCC(=O)O)c1. The number of amides is 1. The predicted molar refractivity (Wildman–Crippen MR) is 90.3 cm³/mol. The third kappa shape index (κ3) is 6.93. The van der Waals surface area contributed by atoms with Crippen molar-refractivity contribution in [3.63, 3.8) is 0 Å². The van der Waals surface area contributed by atoms with Crippen LogP contribution in [0.2, 0.25) is 0 Å². The number of carboxylic acid groups (broad SMARTS) is 1. The minimum Gasteiger partial charge on any atom is -0.481 e. The topological polar surface area (TPSA) is 113 Å². The van der Waals surface area contributed by atoms with Gasteiger partial charge < -0.3 is 10.4 Å². The summed E-state index contributed by atoms with van der Waals surface area (Å²) < 4.78 is 26.4. The smallest absolute Gasteiger partial charge is 0.303 e. The number of rotatable bonds is 11. The summed E-state index contributed by atoms with van der Waals surface area (Å²) in [7, 11) is -3.68. The van der Waals surface area contributed by atoms with E-state index in [1.54, 1.807) is 0 Å². The predicted octanol–water partition coefficient (Wildman–Crippen LogP) is 1.53. The third-order valence-corrected chi connectivity index (χ3v) is 4.60. The van der Waals surface area contributed by atoms with Crippen LogP contribution in [0, 0.1) is 0 Å². The van der Waals surface area contributed by atoms with Crippen LogP contribution in [-0.4, -0.2) is 38.5 Å². The summed E-state index contributed by atoms with van der Waals surface area (Å²) in [6.45, 7) is 3.96. The molecule has 0 heterocycles. The minimum absolute atomic E-state index is 0.0125. The summed E-state index contributed by atoms with van der Waals surface area (Å²) in [5.74, 6) is -1.20. The van der Waals surface area contributed by atoms with Crippen LogP contribution in [0.25, 0.3) is 0 Å². The van der Waals surface area contributed by atoms with Gasteiger partial charge in [0.05, 0.1) is 4.90 Å². The van der Waals surface area contributed by atoms with Crippen LogP contribution in [0.5, 0.6) is 0 Å². The van der Waals surface area contributed by atoms with E-state index >= 15 is 0 Å². The fraction of sp³-hybridized carbons (Fsp3) is 0.375. The largest absolute Gasteiger partial charge is 0.481 e. The first kappa shape index (κ1) is 19.9. The van der Waals surface area contributed by atoms with Crippen molar-refractivity contribution in [2.45, 2.75) is 30.6 Å². The van der Waals surface area contributed by atoms with E-state index in [-0.39, 0.29) is 29.3 Å². The molecule has 0 aliphatic carbocycles. The number of carbonyl (C=O) groups is 2. The number of sulfonamides is 1. The van der Waals surface area contributed by atoms with Gasteiger partial charge in [0.15, 0.2) is 0 Å². The van der Waals surface area contributed by atoms with E-state index in [4.69, 9.17) is 5.11 Å². The Balaban J connectivity index is 2.55. The third-order valence-electron chi connectivity index (χ3n) is 3.18. The van der Waals surface area contributed by atoms with Crippen molar-refractivity contribution in [1.82, 2.24) is 10.0 Å². The molecule has 3 N–H and O–H groups in total. The van der Waals surface area contributed by atoms with Crippen LogP contribution < -0.4 is 10.0 Å². The molecule has 1 rings (SSSR count). The first-order valence-corrected chi connectivity index (χ1v) is 9.06. The summed E-state index contributed by atoms with van der Waals surface area (Å²) in [5.41, 5.74) is 0.252. The van der Waals surface area contributed by atoms with E-state index in [0.717, 1.165) is 0 Å². The maximum Gasteiger partial charge on any atom is 0.303 e. The van der Waals surface area contributed by atoms with Crippen molar-refractivity contribution in [3.8, 4) is 0 Å². The van der Waals surface area contributed by atoms with Gasteiger partial charge in [-0.1, -0.05) is 18.6 Å². The quantitative estimate of drug-likeness (QED) is 0.412. The van der Waals surface area contributed by atoms with Gasteiger partial charge >= 0.3 is 5.97 Å². The van der Waals surface area contributed by atoms with E-state index in [2.05, 4.69) is 16.6 Å². The number of benzene rings is 1. The number of aliphatic carboxylic acids is 1. The van der Waals surface area contributed by atoms with Crippen LogP contribution in [0.3, 0.4) is 0 Å². The zero-order chi connectivity index (χ0) is 18.0. The highest BCUT2D eigenvalue weighted by molar-refractivity contribution is 7.89. The molecular weight excluding hydrogens is 332 g/mol. The molecule has 0 bridgehead atoms. The molecule has 0 saturated heterocycles. The van der Waals surface area contributed by atoms with Gasteiger partial charge in [-0.3, -0.25) is 9.59 Å². The first-order valence-electron chi connectivity index (χ1n) is 7.57. The summed E-state index contributed by atoms with van der Waals surface area (Å²) in [4.78, 5) is 22.4. The van der Waals surface area contributed by atoms with Gasteiger partial charge in [-0.05, 0) is 31.0 Å². The van der Waals surface area contributed by atoms with Gasteiger partial charge in [-0.15, -0.1) is 6.58 Å². The monoisotopic (exact) mass is 354 g/mol. The molecule has 0 aliphatic heterocycles. The highest BCUT2D eigenvalue weighted by Crippen LogP contribution is 2.11. The Morgan fingerprint density at radius 2 is 1.96 bits per heavy atom. The van der Waals surface area contributed by atoms with Crippen LogP contribution in [-0.2, 0) is 14.8 Å².